The number of nitrogens with zero attached hydrogens (tertiary/aromatic N) is 1. The van der Waals surface area contributed by atoms with Crippen molar-refractivity contribution < 1.29 is 4.79 Å². The van der Waals surface area contributed by atoms with Gasteiger partial charge in [-0.2, -0.15) is 0 Å². The maximum Gasteiger partial charge on any atom is 0.243 e. The molecular weight excluding hydrogens is 308 g/mol. The molecule has 0 aliphatic heterocycles. The van der Waals surface area contributed by atoms with Crippen LogP contribution in [0.2, 0.25) is 0 Å². The Bertz CT molecular complexity index is 816. The predicted molar refractivity (Wildman–Crippen MR) is 105 cm³/mol. The van der Waals surface area contributed by atoms with Crippen molar-refractivity contribution in [2.75, 3.05) is 23.3 Å². The number of carbonyl (C=O) groups is 1. The van der Waals surface area contributed by atoms with E-state index in [2.05, 4.69) is 17.1 Å². The zero-order valence-corrected chi connectivity index (χ0v) is 14.4. The van der Waals surface area contributed by atoms with Gasteiger partial charge in [-0.3, -0.25) is 4.79 Å². The molecule has 3 aromatic rings. The molecule has 3 rings (SSSR count). The minimum Gasteiger partial charge on any atom is -0.362 e. The molecule has 1 amide bonds. The van der Waals surface area contributed by atoms with Gasteiger partial charge in [0.2, 0.25) is 5.91 Å². The van der Waals surface area contributed by atoms with E-state index in [1.54, 1.807) is 0 Å². The zero-order valence-electron chi connectivity index (χ0n) is 14.4. The first-order chi connectivity index (χ1) is 12.3. The number of hydrogen-bond donors (Lipinski definition) is 1. The van der Waals surface area contributed by atoms with E-state index in [-0.39, 0.29) is 5.91 Å². The maximum absolute atomic E-state index is 12.6. The van der Waals surface area contributed by atoms with Crippen molar-refractivity contribution in [3.8, 4) is 11.1 Å². The third-order valence-electron chi connectivity index (χ3n) is 4.12. The molecule has 3 heteroatoms. The van der Waals surface area contributed by atoms with Crippen LogP contribution in [-0.4, -0.2) is 19.0 Å². The summed E-state index contributed by atoms with van der Waals surface area (Å²) in [6.07, 6.45) is 0. The van der Waals surface area contributed by atoms with Gasteiger partial charge < -0.3 is 10.2 Å². The van der Waals surface area contributed by atoms with Crippen LogP contribution in [0.15, 0.2) is 84.9 Å². The van der Waals surface area contributed by atoms with Gasteiger partial charge in [0.05, 0.1) is 6.54 Å². The number of rotatable bonds is 6. The quantitative estimate of drug-likeness (QED) is 0.703. The standard InChI is InChI=1S/C22H22N2O/c1-2-24(19-13-7-4-8-14-19)17-22(25)23-21-16-10-9-15-20(21)18-11-5-3-6-12-18/h3-16H,2,17H2,1H3,(H,23,25). The second-order valence-electron chi connectivity index (χ2n) is 5.81. The number of para-hydroxylation sites is 2. The van der Waals surface area contributed by atoms with Crippen molar-refractivity contribution in [2.24, 2.45) is 0 Å². The minimum atomic E-state index is -0.0194. The molecule has 25 heavy (non-hydrogen) atoms. The van der Waals surface area contributed by atoms with Crippen LogP contribution in [0.3, 0.4) is 0 Å². The van der Waals surface area contributed by atoms with Crippen LogP contribution in [0.5, 0.6) is 0 Å². The highest BCUT2D eigenvalue weighted by atomic mass is 16.2. The lowest BCUT2D eigenvalue weighted by atomic mass is 10.0. The van der Waals surface area contributed by atoms with E-state index in [9.17, 15) is 4.79 Å². The Kier molecular flexibility index (Phi) is 5.47. The molecule has 0 aromatic heterocycles. The number of amides is 1. The summed E-state index contributed by atoms with van der Waals surface area (Å²) < 4.78 is 0. The Morgan fingerprint density at radius 1 is 0.840 bits per heavy atom. The van der Waals surface area contributed by atoms with E-state index in [4.69, 9.17) is 0 Å². The molecular formula is C22H22N2O. The molecule has 0 radical (unpaired) electrons. The molecule has 0 heterocycles. The fraction of sp³-hybridized carbons (Fsp3) is 0.136. The van der Waals surface area contributed by atoms with Gasteiger partial charge in [0.15, 0.2) is 0 Å². The number of carbonyl (C=O) groups excluding carboxylic acids is 1. The highest BCUT2D eigenvalue weighted by Crippen LogP contribution is 2.27. The normalized spacial score (nSPS) is 10.3. The second kappa shape index (κ2) is 8.15. The molecule has 0 unspecified atom stereocenters. The topological polar surface area (TPSA) is 32.3 Å². The highest BCUT2D eigenvalue weighted by Gasteiger charge is 2.12. The molecule has 126 valence electrons. The number of anilines is 2. The van der Waals surface area contributed by atoms with Gasteiger partial charge in [-0.25, -0.2) is 0 Å². The lowest BCUT2D eigenvalue weighted by molar-refractivity contribution is -0.115. The van der Waals surface area contributed by atoms with Gasteiger partial charge in [0, 0.05) is 23.5 Å². The van der Waals surface area contributed by atoms with E-state index >= 15 is 0 Å². The molecule has 1 N–H and O–H groups in total. The second-order valence-corrected chi connectivity index (χ2v) is 5.81. The van der Waals surface area contributed by atoms with Crippen LogP contribution in [0, 0.1) is 0 Å². The third kappa shape index (κ3) is 4.27. The summed E-state index contributed by atoms with van der Waals surface area (Å²) >= 11 is 0. The van der Waals surface area contributed by atoms with Gasteiger partial charge in [0.1, 0.15) is 0 Å². The SMILES string of the molecule is CCN(CC(=O)Nc1ccccc1-c1ccccc1)c1ccccc1. The molecule has 0 fully saturated rings. The summed E-state index contributed by atoms with van der Waals surface area (Å²) in [7, 11) is 0. The average Bonchev–Trinajstić information content (AvgIpc) is 2.68. The first kappa shape index (κ1) is 16.8. The first-order valence-electron chi connectivity index (χ1n) is 8.52. The van der Waals surface area contributed by atoms with Gasteiger partial charge >= 0.3 is 0 Å². The fourth-order valence-corrected chi connectivity index (χ4v) is 2.85. The maximum atomic E-state index is 12.6. The smallest absolute Gasteiger partial charge is 0.243 e. The van der Waals surface area contributed by atoms with Gasteiger partial charge in [-0.15, -0.1) is 0 Å². The third-order valence-corrected chi connectivity index (χ3v) is 4.12. The lowest BCUT2D eigenvalue weighted by Crippen LogP contribution is -2.33. The molecule has 0 saturated carbocycles. The van der Waals surface area contributed by atoms with Gasteiger partial charge in [0.25, 0.3) is 0 Å². The number of nitrogens with one attached hydrogen (secondary N) is 1. The molecule has 0 saturated heterocycles. The molecule has 0 aliphatic carbocycles. The van der Waals surface area contributed by atoms with Crippen LogP contribution < -0.4 is 10.2 Å². The van der Waals surface area contributed by atoms with E-state index in [0.717, 1.165) is 29.0 Å². The van der Waals surface area contributed by atoms with Gasteiger partial charge in [-0.05, 0) is 30.7 Å². The molecule has 0 atom stereocenters. The molecule has 3 nitrogen and oxygen atoms in total. The van der Waals surface area contributed by atoms with Crippen molar-refractivity contribution in [3.05, 3.63) is 84.9 Å². The Morgan fingerprint density at radius 2 is 1.44 bits per heavy atom. The Morgan fingerprint density at radius 3 is 2.12 bits per heavy atom. The van der Waals surface area contributed by atoms with Crippen LogP contribution in [0.1, 0.15) is 6.92 Å². The summed E-state index contributed by atoms with van der Waals surface area (Å²) in [6, 6.07) is 28.0. The molecule has 3 aromatic carbocycles. The van der Waals surface area contributed by atoms with Crippen LogP contribution in [0.25, 0.3) is 11.1 Å². The Labute approximate surface area is 148 Å². The van der Waals surface area contributed by atoms with Crippen LogP contribution in [-0.2, 0) is 4.79 Å². The summed E-state index contributed by atoms with van der Waals surface area (Å²) in [5, 5.41) is 3.06. The first-order valence-corrected chi connectivity index (χ1v) is 8.52. The average molecular weight is 330 g/mol. The Hall–Kier alpha value is -3.07. The summed E-state index contributed by atoms with van der Waals surface area (Å²) in [5.74, 6) is -0.0194. The molecule has 0 spiro atoms. The molecule has 0 aliphatic rings. The Balaban J connectivity index is 1.75. The summed E-state index contributed by atoms with van der Waals surface area (Å²) in [5.41, 5.74) is 4.01. The fourth-order valence-electron chi connectivity index (χ4n) is 2.85. The van der Waals surface area contributed by atoms with Crippen molar-refractivity contribution >= 4 is 17.3 Å². The van der Waals surface area contributed by atoms with E-state index < -0.39 is 0 Å². The van der Waals surface area contributed by atoms with Gasteiger partial charge in [-0.1, -0.05) is 66.7 Å². The van der Waals surface area contributed by atoms with Crippen molar-refractivity contribution in [3.63, 3.8) is 0 Å². The largest absolute Gasteiger partial charge is 0.362 e. The zero-order chi connectivity index (χ0) is 17.5. The summed E-state index contributed by atoms with van der Waals surface area (Å²) in [6.45, 7) is 3.15. The van der Waals surface area contributed by atoms with E-state index in [1.165, 1.54) is 0 Å². The van der Waals surface area contributed by atoms with Crippen molar-refractivity contribution in [1.29, 1.82) is 0 Å². The van der Waals surface area contributed by atoms with E-state index in [1.807, 2.05) is 84.9 Å². The van der Waals surface area contributed by atoms with Crippen LogP contribution >= 0.6 is 0 Å². The minimum absolute atomic E-state index is 0.0194. The van der Waals surface area contributed by atoms with E-state index in [0.29, 0.717) is 6.54 Å². The van der Waals surface area contributed by atoms with Crippen molar-refractivity contribution in [1.82, 2.24) is 0 Å². The van der Waals surface area contributed by atoms with Crippen molar-refractivity contribution in [2.45, 2.75) is 6.92 Å². The number of likely N-dealkylation sites (N-methyl/N-ethyl adjacent to an activating group) is 1. The van der Waals surface area contributed by atoms with Crippen LogP contribution in [0.4, 0.5) is 11.4 Å². The predicted octanol–water partition coefficient (Wildman–Crippen LogP) is 4.82. The molecule has 0 bridgehead atoms. The monoisotopic (exact) mass is 330 g/mol. The number of hydrogen-bond acceptors (Lipinski definition) is 2. The summed E-state index contributed by atoms with van der Waals surface area (Å²) in [4.78, 5) is 14.6. The number of benzene rings is 3. The lowest BCUT2D eigenvalue weighted by Gasteiger charge is -2.22. The highest BCUT2D eigenvalue weighted by molar-refractivity contribution is 5.97.